The van der Waals surface area contributed by atoms with Gasteiger partial charge in [0.05, 0.1) is 18.2 Å². The number of benzene rings is 1. The van der Waals surface area contributed by atoms with Gasteiger partial charge < -0.3 is 14.6 Å². The van der Waals surface area contributed by atoms with Crippen LogP contribution in [0, 0.1) is 6.92 Å². The van der Waals surface area contributed by atoms with E-state index in [1.807, 2.05) is 0 Å². The quantitative estimate of drug-likeness (QED) is 0.457. The molecule has 2 aromatic rings. The van der Waals surface area contributed by atoms with Crippen molar-refractivity contribution in [2.45, 2.75) is 13.8 Å². The molecular weight excluding hydrogens is 490 g/mol. The number of rotatable bonds is 5. The molecule has 1 aromatic heterocycles. The van der Waals surface area contributed by atoms with Gasteiger partial charge in [0.1, 0.15) is 21.2 Å². The Balaban J connectivity index is 2.54. The van der Waals surface area contributed by atoms with Crippen molar-refractivity contribution in [1.82, 2.24) is 0 Å². The maximum Gasteiger partial charge on any atom is 0.348 e. The molecular formula is C17H15Br2NO5S. The Kier molecular flexibility index (Phi) is 6.96. The van der Waals surface area contributed by atoms with Crippen molar-refractivity contribution in [2.75, 3.05) is 13.7 Å². The molecule has 9 heteroatoms. The van der Waals surface area contributed by atoms with Gasteiger partial charge in [-0.05, 0) is 47.5 Å². The lowest BCUT2D eigenvalue weighted by Crippen LogP contribution is -2.07. The van der Waals surface area contributed by atoms with Gasteiger partial charge in [-0.3, -0.25) is 0 Å². The van der Waals surface area contributed by atoms with E-state index in [9.17, 15) is 14.7 Å². The number of ether oxygens (including phenoxy) is 2. The van der Waals surface area contributed by atoms with Gasteiger partial charge in [-0.25, -0.2) is 14.6 Å². The summed E-state index contributed by atoms with van der Waals surface area (Å²) in [6.07, 6.45) is 1.42. The molecule has 0 bridgehead atoms. The monoisotopic (exact) mass is 503 g/mol. The van der Waals surface area contributed by atoms with Crippen LogP contribution in [0.5, 0.6) is 5.75 Å². The molecule has 1 heterocycles. The average molecular weight is 505 g/mol. The van der Waals surface area contributed by atoms with E-state index in [2.05, 4.69) is 36.9 Å². The highest BCUT2D eigenvalue weighted by molar-refractivity contribution is 9.11. The van der Waals surface area contributed by atoms with Crippen molar-refractivity contribution in [3.8, 4) is 5.75 Å². The third-order valence-electron chi connectivity index (χ3n) is 3.36. The predicted molar refractivity (Wildman–Crippen MR) is 107 cm³/mol. The highest BCUT2D eigenvalue weighted by Crippen LogP contribution is 2.37. The van der Waals surface area contributed by atoms with Crippen LogP contribution in [-0.2, 0) is 9.47 Å². The Morgan fingerprint density at radius 3 is 2.62 bits per heavy atom. The summed E-state index contributed by atoms with van der Waals surface area (Å²) in [6.45, 7) is 3.53. The summed E-state index contributed by atoms with van der Waals surface area (Å²) in [5, 5.41) is 10.4. The zero-order valence-electron chi connectivity index (χ0n) is 14.1. The fraction of sp³-hybridized carbons (Fsp3) is 0.235. The van der Waals surface area contributed by atoms with Crippen LogP contribution in [0.25, 0.3) is 0 Å². The third-order valence-corrected chi connectivity index (χ3v) is 5.60. The van der Waals surface area contributed by atoms with Crippen LogP contribution in [0.3, 0.4) is 0 Å². The molecule has 0 spiro atoms. The van der Waals surface area contributed by atoms with E-state index in [4.69, 9.17) is 9.47 Å². The maximum atomic E-state index is 12.3. The lowest BCUT2D eigenvalue weighted by Gasteiger charge is -2.04. The Bertz CT molecular complexity index is 892. The lowest BCUT2D eigenvalue weighted by atomic mass is 10.1. The van der Waals surface area contributed by atoms with Crippen LogP contribution in [0.1, 0.15) is 38.1 Å². The van der Waals surface area contributed by atoms with Gasteiger partial charge in [0, 0.05) is 16.3 Å². The van der Waals surface area contributed by atoms with Crippen LogP contribution in [-0.4, -0.2) is 37.0 Å². The zero-order valence-corrected chi connectivity index (χ0v) is 18.1. The third kappa shape index (κ3) is 4.33. The summed E-state index contributed by atoms with van der Waals surface area (Å²) in [5.41, 5.74) is 1.10. The fourth-order valence-electron chi connectivity index (χ4n) is 2.13. The number of aliphatic imine (C=N–C) groups is 1. The molecule has 0 fully saturated rings. The van der Waals surface area contributed by atoms with Gasteiger partial charge in [-0.1, -0.05) is 15.9 Å². The number of thiophene rings is 1. The van der Waals surface area contributed by atoms with Gasteiger partial charge in [-0.15, -0.1) is 11.3 Å². The molecule has 0 aliphatic heterocycles. The summed E-state index contributed by atoms with van der Waals surface area (Å²) in [7, 11) is 1.27. The standard InChI is InChI=1S/C17H15Br2NO5S/c1-4-25-16(22)12-8(2)14(17(23)24-3)26-15(12)20-7-9-5-10(18)6-11(19)13(9)21/h5-7,21H,4H2,1-3H3/b20-7+. The van der Waals surface area contributed by atoms with Gasteiger partial charge in [-0.2, -0.15) is 0 Å². The number of methoxy groups -OCH3 is 1. The molecule has 0 amide bonds. The van der Waals surface area contributed by atoms with Crippen LogP contribution in [0.15, 0.2) is 26.1 Å². The summed E-state index contributed by atoms with van der Waals surface area (Å²) in [6, 6.07) is 3.37. The molecule has 0 radical (unpaired) electrons. The van der Waals surface area contributed by atoms with Crippen molar-refractivity contribution in [3.05, 3.63) is 42.6 Å². The minimum absolute atomic E-state index is 0.0103. The molecule has 1 aromatic carbocycles. The number of nitrogens with zero attached hydrogens (tertiary/aromatic N) is 1. The molecule has 0 unspecified atom stereocenters. The van der Waals surface area contributed by atoms with Gasteiger partial charge in [0.15, 0.2) is 0 Å². The molecule has 26 heavy (non-hydrogen) atoms. The molecule has 0 aliphatic carbocycles. The van der Waals surface area contributed by atoms with Crippen LogP contribution in [0.2, 0.25) is 0 Å². The molecule has 0 saturated carbocycles. The van der Waals surface area contributed by atoms with E-state index >= 15 is 0 Å². The first-order valence-corrected chi connectivity index (χ1v) is 9.81. The fourth-order valence-corrected chi connectivity index (χ4v) is 4.45. The van der Waals surface area contributed by atoms with Crippen molar-refractivity contribution in [1.29, 1.82) is 0 Å². The van der Waals surface area contributed by atoms with Crippen LogP contribution in [0.4, 0.5) is 5.00 Å². The Morgan fingerprint density at radius 2 is 2.00 bits per heavy atom. The highest BCUT2D eigenvalue weighted by Gasteiger charge is 2.25. The van der Waals surface area contributed by atoms with Crippen LogP contribution >= 0.6 is 43.2 Å². The van der Waals surface area contributed by atoms with E-state index in [0.29, 0.717) is 20.6 Å². The number of aromatic hydroxyl groups is 1. The Labute approximate surface area is 171 Å². The summed E-state index contributed by atoms with van der Waals surface area (Å²) >= 11 is 7.62. The predicted octanol–water partition coefficient (Wildman–Crippen LogP) is 5.00. The van der Waals surface area contributed by atoms with Gasteiger partial charge in [0.2, 0.25) is 0 Å². The van der Waals surface area contributed by atoms with E-state index in [0.717, 1.165) is 15.8 Å². The zero-order chi connectivity index (χ0) is 19.4. The smallest absolute Gasteiger partial charge is 0.348 e. The van der Waals surface area contributed by atoms with E-state index in [1.54, 1.807) is 26.0 Å². The van der Waals surface area contributed by atoms with E-state index in [-0.39, 0.29) is 22.8 Å². The SMILES string of the molecule is CCOC(=O)c1c(/N=C/c2cc(Br)cc(Br)c2O)sc(C(=O)OC)c1C. The Hall–Kier alpha value is -1.71. The topological polar surface area (TPSA) is 85.2 Å². The number of esters is 2. The number of hydrogen-bond acceptors (Lipinski definition) is 7. The van der Waals surface area contributed by atoms with Crippen molar-refractivity contribution in [3.63, 3.8) is 0 Å². The lowest BCUT2D eigenvalue weighted by molar-refractivity contribution is 0.0527. The first-order valence-electron chi connectivity index (χ1n) is 7.41. The second-order valence-electron chi connectivity index (χ2n) is 5.03. The van der Waals surface area contributed by atoms with Crippen molar-refractivity contribution < 1.29 is 24.2 Å². The number of halogens is 2. The molecule has 1 N–H and O–H groups in total. The van der Waals surface area contributed by atoms with Crippen LogP contribution < -0.4 is 0 Å². The highest BCUT2D eigenvalue weighted by atomic mass is 79.9. The number of carbonyl (C=O) groups is 2. The normalized spacial score (nSPS) is 11.0. The van der Waals surface area contributed by atoms with Gasteiger partial charge in [0.25, 0.3) is 0 Å². The first-order chi connectivity index (χ1) is 12.3. The summed E-state index contributed by atoms with van der Waals surface area (Å²) in [5.74, 6) is -1.10. The molecule has 0 aliphatic rings. The molecule has 2 rings (SSSR count). The average Bonchev–Trinajstić information content (AvgIpc) is 2.92. The first kappa shape index (κ1) is 20.6. The molecule has 138 valence electrons. The van der Waals surface area contributed by atoms with Gasteiger partial charge >= 0.3 is 11.9 Å². The molecule has 0 atom stereocenters. The second-order valence-corrected chi connectivity index (χ2v) is 7.80. The Morgan fingerprint density at radius 1 is 1.31 bits per heavy atom. The minimum atomic E-state index is -0.566. The number of hydrogen-bond donors (Lipinski definition) is 1. The summed E-state index contributed by atoms with van der Waals surface area (Å²) in [4.78, 5) is 28.8. The number of phenolic OH excluding ortho intramolecular Hbond substituents is 1. The van der Waals surface area contributed by atoms with E-state index < -0.39 is 11.9 Å². The summed E-state index contributed by atoms with van der Waals surface area (Å²) < 4.78 is 11.1. The largest absolute Gasteiger partial charge is 0.506 e. The minimum Gasteiger partial charge on any atom is -0.506 e. The number of carbonyl (C=O) groups excluding carboxylic acids is 2. The van der Waals surface area contributed by atoms with E-state index in [1.165, 1.54) is 13.3 Å². The molecule has 6 nitrogen and oxygen atoms in total. The van der Waals surface area contributed by atoms with Crippen molar-refractivity contribution in [2.24, 2.45) is 4.99 Å². The molecule has 0 saturated heterocycles. The van der Waals surface area contributed by atoms with Crippen molar-refractivity contribution >= 4 is 66.4 Å². The maximum absolute atomic E-state index is 12.3. The number of phenols is 1. The second kappa shape index (κ2) is 8.79.